The molecule has 3 atom stereocenters. The van der Waals surface area contributed by atoms with Gasteiger partial charge in [-0.1, -0.05) is 12.5 Å². The van der Waals surface area contributed by atoms with Crippen molar-refractivity contribution in [3.63, 3.8) is 0 Å². The Kier molecular flexibility index (Phi) is 3.35. The minimum Gasteiger partial charge on any atom is -0.507 e. The van der Waals surface area contributed by atoms with Gasteiger partial charge in [0.1, 0.15) is 11.8 Å². The fourth-order valence-electron chi connectivity index (χ4n) is 3.81. The number of carboxylic acids is 1. The Hall–Kier alpha value is -2.04. The number of carbonyl (C=O) groups is 2. The summed E-state index contributed by atoms with van der Waals surface area (Å²) < 4.78 is 0. The van der Waals surface area contributed by atoms with E-state index in [-0.39, 0.29) is 29.1 Å². The first-order chi connectivity index (χ1) is 9.99. The minimum absolute atomic E-state index is 0.0547. The number of aromatic hydroxyl groups is 1. The van der Waals surface area contributed by atoms with Crippen molar-refractivity contribution in [3.05, 3.63) is 29.3 Å². The molecule has 1 aliphatic carbocycles. The predicted octanol–water partition coefficient (Wildman–Crippen LogP) is 2.03. The summed E-state index contributed by atoms with van der Waals surface area (Å²) in [5, 5.41) is 19.4. The molecule has 1 saturated heterocycles. The summed E-state index contributed by atoms with van der Waals surface area (Å²) in [4.78, 5) is 25.6. The van der Waals surface area contributed by atoms with Crippen molar-refractivity contribution in [1.82, 2.24) is 4.90 Å². The van der Waals surface area contributed by atoms with Gasteiger partial charge < -0.3 is 15.1 Å². The van der Waals surface area contributed by atoms with Crippen LogP contribution >= 0.6 is 0 Å². The van der Waals surface area contributed by atoms with Gasteiger partial charge in [-0.15, -0.1) is 0 Å². The molecular weight excluding hydrogens is 270 g/mol. The minimum atomic E-state index is -0.940. The lowest BCUT2D eigenvalue weighted by Crippen LogP contribution is -2.43. The van der Waals surface area contributed by atoms with E-state index in [9.17, 15) is 19.8 Å². The first kappa shape index (κ1) is 13.9. The third-order valence-corrected chi connectivity index (χ3v) is 4.79. The lowest BCUT2D eigenvalue weighted by molar-refractivity contribution is -0.142. The van der Waals surface area contributed by atoms with E-state index in [1.54, 1.807) is 12.1 Å². The van der Waals surface area contributed by atoms with Gasteiger partial charge >= 0.3 is 5.97 Å². The van der Waals surface area contributed by atoms with Gasteiger partial charge in [-0.25, -0.2) is 4.79 Å². The lowest BCUT2D eigenvalue weighted by Gasteiger charge is -2.24. The highest BCUT2D eigenvalue weighted by Gasteiger charge is 2.49. The van der Waals surface area contributed by atoms with Crippen LogP contribution in [0.2, 0.25) is 0 Å². The van der Waals surface area contributed by atoms with Crippen LogP contribution in [0.15, 0.2) is 18.2 Å². The normalized spacial score (nSPS) is 27.7. The number of carboxylic acid groups (broad SMARTS) is 1. The maximum Gasteiger partial charge on any atom is 0.326 e. The van der Waals surface area contributed by atoms with Crippen LogP contribution in [-0.4, -0.2) is 39.6 Å². The maximum absolute atomic E-state index is 12.6. The molecule has 21 heavy (non-hydrogen) atoms. The zero-order valence-corrected chi connectivity index (χ0v) is 12.0. The van der Waals surface area contributed by atoms with Crippen LogP contribution < -0.4 is 0 Å². The average molecular weight is 289 g/mol. The number of likely N-dealkylation sites (tertiary alicyclic amines) is 1. The monoisotopic (exact) mass is 289 g/mol. The van der Waals surface area contributed by atoms with Gasteiger partial charge in [0.25, 0.3) is 5.91 Å². The molecule has 0 spiro atoms. The molecule has 1 heterocycles. The van der Waals surface area contributed by atoms with Crippen LogP contribution in [0.1, 0.15) is 35.2 Å². The Bertz CT molecular complexity index is 598. The fourth-order valence-corrected chi connectivity index (χ4v) is 3.81. The van der Waals surface area contributed by atoms with E-state index >= 15 is 0 Å². The second-order valence-electron chi connectivity index (χ2n) is 6.12. The fraction of sp³-hybridized carbons (Fsp3) is 0.500. The molecule has 1 aromatic rings. The van der Waals surface area contributed by atoms with Crippen LogP contribution in [0.3, 0.4) is 0 Å². The predicted molar refractivity (Wildman–Crippen MR) is 76.1 cm³/mol. The zero-order valence-electron chi connectivity index (χ0n) is 12.0. The summed E-state index contributed by atoms with van der Waals surface area (Å²) in [7, 11) is 0. The third-order valence-electron chi connectivity index (χ3n) is 4.79. The average Bonchev–Trinajstić information content (AvgIpc) is 2.96. The molecule has 3 unspecified atom stereocenters. The molecule has 0 aromatic heterocycles. The summed E-state index contributed by atoms with van der Waals surface area (Å²) in [5.74, 6) is -1.07. The Morgan fingerprint density at radius 3 is 2.71 bits per heavy atom. The number of benzene rings is 1. The molecule has 5 heteroatoms. The van der Waals surface area contributed by atoms with E-state index in [0.717, 1.165) is 24.8 Å². The van der Waals surface area contributed by atoms with Crippen molar-refractivity contribution >= 4 is 11.9 Å². The van der Waals surface area contributed by atoms with Gasteiger partial charge in [-0.05, 0) is 49.3 Å². The molecule has 2 aliphatic rings. The number of aryl methyl sites for hydroxylation is 1. The van der Waals surface area contributed by atoms with E-state index in [2.05, 4.69) is 0 Å². The number of aliphatic carboxylic acids is 1. The number of hydrogen-bond donors (Lipinski definition) is 2. The standard InChI is InChI=1S/C16H19NO4/c1-9-5-6-12(13(18)7-9)15(19)17-8-10-3-2-4-11(10)14(17)16(20)21/h5-7,10-11,14,18H,2-4,8H2,1H3,(H,20,21). The number of phenols is 1. The first-order valence-corrected chi connectivity index (χ1v) is 7.32. The van der Waals surface area contributed by atoms with E-state index in [1.165, 1.54) is 11.0 Å². The van der Waals surface area contributed by atoms with Gasteiger partial charge in [-0.3, -0.25) is 4.79 Å². The smallest absolute Gasteiger partial charge is 0.326 e. The van der Waals surface area contributed by atoms with Crippen molar-refractivity contribution < 1.29 is 19.8 Å². The summed E-state index contributed by atoms with van der Waals surface area (Å²) >= 11 is 0. The zero-order chi connectivity index (χ0) is 15.1. The Labute approximate surface area is 123 Å². The van der Waals surface area contributed by atoms with Gasteiger partial charge in [0, 0.05) is 6.54 Å². The summed E-state index contributed by atoms with van der Waals surface area (Å²) in [6.07, 6.45) is 2.89. The number of fused-ring (bicyclic) bond motifs is 1. The second-order valence-corrected chi connectivity index (χ2v) is 6.12. The number of rotatable bonds is 2. The summed E-state index contributed by atoms with van der Waals surface area (Å²) in [6.45, 7) is 2.31. The largest absolute Gasteiger partial charge is 0.507 e. The molecule has 1 aromatic carbocycles. The Morgan fingerprint density at radius 1 is 1.29 bits per heavy atom. The highest BCUT2D eigenvalue weighted by Crippen LogP contribution is 2.43. The van der Waals surface area contributed by atoms with Crippen LogP contribution in [-0.2, 0) is 4.79 Å². The lowest BCUT2D eigenvalue weighted by atomic mass is 9.94. The molecule has 1 saturated carbocycles. The van der Waals surface area contributed by atoms with Crippen molar-refractivity contribution in [3.8, 4) is 5.75 Å². The molecular formula is C16H19NO4. The molecule has 0 radical (unpaired) electrons. The molecule has 2 N–H and O–H groups in total. The van der Waals surface area contributed by atoms with Crippen LogP contribution in [0.4, 0.5) is 0 Å². The van der Waals surface area contributed by atoms with Gasteiger partial charge in [-0.2, -0.15) is 0 Å². The van der Waals surface area contributed by atoms with E-state index < -0.39 is 12.0 Å². The Balaban J connectivity index is 1.91. The Morgan fingerprint density at radius 2 is 2.05 bits per heavy atom. The topological polar surface area (TPSA) is 77.8 Å². The van der Waals surface area contributed by atoms with E-state index in [1.807, 2.05) is 6.92 Å². The highest BCUT2D eigenvalue weighted by atomic mass is 16.4. The number of amides is 1. The molecule has 112 valence electrons. The van der Waals surface area contributed by atoms with Gasteiger partial charge in [0.15, 0.2) is 0 Å². The van der Waals surface area contributed by atoms with Crippen LogP contribution in [0, 0.1) is 18.8 Å². The number of nitrogens with zero attached hydrogens (tertiary/aromatic N) is 1. The van der Waals surface area contributed by atoms with Crippen molar-refractivity contribution in [2.24, 2.45) is 11.8 Å². The second kappa shape index (κ2) is 5.06. The van der Waals surface area contributed by atoms with Gasteiger partial charge in [0.2, 0.25) is 0 Å². The molecule has 5 nitrogen and oxygen atoms in total. The SMILES string of the molecule is Cc1ccc(C(=O)N2CC3CCCC3C2C(=O)O)c(O)c1. The molecule has 2 fully saturated rings. The van der Waals surface area contributed by atoms with E-state index in [4.69, 9.17) is 0 Å². The van der Waals surface area contributed by atoms with Gasteiger partial charge in [0.05, 0.1) is 5.56 Å². The molecule has 3 rings (SSSR count). The first-order valence-electron chi connectivity index (χ1n) is 7.32. The van der Waals surface area contributed by atoms with Crippen LogP contribution in [0.5, 0.6) is 5.75 Å². The molecule has 1 aliphatic heterocycles. The molecule has 0 bridgehead atoms. The maximum atomic E-state index is 12.6. The quantitative estimate of drug-likeness (QED) is 0.873. The molecule has 1 amide bonds. The third kappa shape index (κ3) is 2.26. The van der Waals surface area contributed by atoms with E-state index in [0.29, 0.717) is 6.54 Å². The summed E-state index contributed by atoms with van der Waals surface area (Å²) in [6, 6.07) is 4.09. The number of carbonyl (C=O) groups excluding carboxylic acids is 1. The van der Waals surface area contributed by atoms with Crippen LogP contribution in [0.25, 0.3) is 0 Å². The summed E-state index contributed by atoms with van der Waals surface area (Å²) in [5.41, 5.74) is 1.05. The number of phenolic OH excluding ortho intramolecular Hbond substituents is 1. The van der Waals surface area contributed by atoms with Crippen molar-refractivity contribution in [2.45, 2.75) is 32.2 Å². The highest BCUT2D eigenvalue weighted by molar-refractivity contribution is 5.99. The van der Waals surface area contributed by atoms with Crippen molar-refractivity contribution in [2.75, 3.05) is 6.54 Å². The number of hydrogen-bond acceptors (Lipinski definition) is 3. The van der Waals surface area contributed by atoms with Crippen molar-refractivity contribution in [1.29, 1.82) is 0 Å².